The largest absolute Gasteiger partial charge is 0.496 e. The number of nitrogens with two attached hydrogens (primary N) is 1. The number of rotatable bonds is 4. The van der Waals surface area contributed by atoms with E-state index in [0.717, 1.165) is 17.9 Å². The van der Waals surface area contributed by atoms with Crippen molar-refractivity contribution in [1.29, 1.82) is 0 Å². The summed E-state index contributed by atoms with van der Waals surface area (Å²) in [7, 11) is 1.70. The quantitative estimate of drug-likeness (QED) is 0.918. The second-order valence-corrected chi connectivity index (χ2v) is 6.64. The Balaban J connectivity index is 2.02. The SMILES string of the molecule is COc1ccc(CN2CCCC(C)(C)CC2)cc1CN. The Kier molecular flexibility index (Phi) is 5.06. The highest BCUT2D eigenvalue weighted by Gasteiger charge is 2.23. The molecule has 0 spiro atoms. The summed E-state index contributed by atoms with van der Waals surface area (Å²) in [5, 5.41) is 0. The lowest BCUT2D eigenvalue weighted by Gasteiger charge is -2.23. The van der Waals surface area contributed by atoms with Crippen LogP contribution in [0.2, 0.25) is 0 Å². The monoisotopic (exact) mass is 276 g/mol. The van der Waals surface area contributed by atoms with Gasteiger partial charge in [-0.25, -0.2) is 0 Å². The summed E-state index contributed by atoms with van der Waals surface area (Å²) >= 11 is 0. The summed E-state index contributed by atoms with van der Waals surface area (Å²) in [4.78, 5) is 2.57. The molecular formula is C17H28N2O. The zero-order valence-corrected chi connectivity index (χ0v) is 13.1. The van der Waals surface area contributed by atoms with Crippen LogP contribution >= 0.6 is 0 Å². The third-order valence-electron chi connectivity index (χ3n) is 4.40. The Hall–Kier alpha value is -1.06. The average Bonchev–Trinajstić information content (AvgIpc) is 2.60. The fraction of sp³-hybridized carbons (Fsp3) is 0.647. The number of hydrogen-bond donors (Lipinski definition) is 1. The lowest BCUT2D eigenvalue weighted by Crippen LogP contribution is -2.25. The van der Waals surface area contributed by atoms with Gasteiger partial charge in [0.15, 0.2) is 0 Å². The number of ether oxygens (including phenoxy) is 1. The maximum atomic E-state index is 5.80. The molecule has 1 aromatic rings. The van der Waals surface area contributed by atoms with E-state index in [1.54, 1.807) is 7.11 Å². The van der Waals surface area contributed by atoms with Gasteiger partial charge >= 0.3 is 0 Å². The van der Waals surface area contributed by atoms with Crippen molar-refractivity contribution < 1.29 is 4.74 Å². The molecule has 20 heavy (non-hydrogen) atoms. The van der Waals surface area contributed by atoms with Crippen LogP contribution in [-0.4, -0.2) is 25.1 Å². The van der Waals surface area contributed by atoms with E-state index >= 15 is 0 Å². The first-order valence-electron chi connectivity index (χ1n) is 7.62. The summed E-state index contributed by atoms with van der Waals surface area (Å²) in [5.74, 6) is 0.897. The standard InChI is InChI=1S/C17H28N2O/c1-17(2)7-4-9-19(10-8-17)13-14-5-6-16(20-3)15(11-14)12-18/h5-6,11H,4,7-10,12-13,18H2,1-3H3. The molecule has 0 atom stereocenters. The molecule has 0 aromatic heterocycles. The highest BCUT2D eigenvalue weighted by molar-refractivity contribution is 5.37. The van der Waals surface area contributed by atoms with Gasteiger partial charge in [0, 0.05) is 18.7 Å². The van der Waals surface area contributed by atoms with E-state index in [-0.39, 0.29) is 0 Å². The van der Waals surface area contributed by atoms with E-state index < -0.39 is 0 Å². The summed E-state index contributed by atoms with van der Waals surface area (Å²) in [6, 6.07) is 6.39. The lowest BCUT2D eigenvalue weighted by molar-refractivity contribution is 0.255. The first-order chi connectivity index (χ1) is 9.54. The molecule has 1 aliphatic rings. The minimum absolute atomic E-state index is 0.497. The maximum absolute atomic E-state index is 5.80. The predicted octanol–water partition coefficient (Wildman–Crippen LogP) is 3.17. The van der Waals surface area contributed by atoms with Gasteiger partial charge in [-0.2, -0.15) is 0 Å². The van der Waals surface area contributed by atoms with Crippen LogP contribution in [0.4, 0.5) is 0 Å². The van der Waals surface area contributed by atoms with Gasteiger partial charge in [-0.3, -0.25) is 4.90 Å². The zero-order chi connectivity index (χ0) is 14.6. The Labute approximate surface area is 123 Å². The minimum Gasteiger partial charge on any atom is -0.496 e. The average molecular weight is 276 g/mol. The van der Waals surface area contributed by atoms with Gasteiger partial charge in [0.1, 0.15) is 5.75 Å². The number of likely N-dealkylation sites (tertiary alicyclic amines) is 1. The predicted molar refractivity (Wildman–Crippen MR) is 83.8 cm³/mol. The van der Waals surface area contributed by atoms with Gasteiger partial charge in [-0.05, 0) is 55.5 Å². The second-order valence-electron chi connectivity index (χ2n) is 6.64. The van der Waals surface area contributed by atoms with Crippen LogP contribution in [0.15, 0.2) is 18.2 Å². The van der Waals surface area contributed by atoms with Gasteiger partial charge < -0.3 is 10.5 Å². The van der Waals surface area contributed by atoms with Gasteiger partial charge in [-0.1, -0.05) is 19.9 Å². The van der Waals surface area contributed by atoms with Crippen LogP contribution in [0.3, 0.4) is 0 Å². The second kappa shape index (κ2) is 6.59. The molecule has 1 saturated heterocycles. The normalized spacial score (nSPS) is 19.6. The van der Waals surface area contributed by atoms with Gasteiger partial charge in [-0.15, -0.1) is 0 Å². The maximum Gasteiger partial charge on any atom is 0.123 e. The van der Waals surface area contributed by atoms with Crippen LogP contribution in [0.1, 0.15) is 44.2 Å². The van der Waals surface area contributed by atoms with Crippen LogP contribution in [0, 0.1) is 5.41 Å². The molecule has 3 nitrogen and oxygen atoms in total. The van der Waals surface area contributed by atoms with Gasteiger partial charge in [0.05, 0.1) is 7.11 Å². The molecule has 0 saturated carbocycles. The third kappa shape index (κ3) is 3.97. The fourth-order valence-corrected chi connectivity index (χ4v) is 2.98. The molecule has 0 aliphatic carbocycles. The Morgan fingerprint density at radius 1 is 1.25 bits per heavy atom. The molecule has 0 amide bonds. The number of hydrogen-bond acceptors (Lipinski definition) is 3. The van der Waals surface area contributed by atoms with Crippen LogP contribution in [-0.2, 0) is 13.1 Å². The minimum atomic E-state index is 0.497. The summed E-state index contributed by atoms with van der Waals surface area (Å²) in [6.07, 6.45) is 3.92. The molecule has 2 N–H and O–H groups in total. The first kappa shape index (κ1) is 15.3. The van der Waals surface area contributed by atoms with E-state index in [9.17, 15) is 0 Å². The molecule has 0 radical (unpaired) electrons. The highest BCUT2D eigenvalue weighted by Crippen LogP contribution is 2.30. The Bertz CT molecular complexity index is 443. The number of methoxy groups -OCH3 is 1. The van der Waals surface area contributed by atoms with E-state index in [2.05, 4.69) is 30.9 Å². The van der Waals surface area contributed by atoms with Crippen molar-refractivity contribution >= 4 is 0 Å². The van der Waals surface area contributed by atoms with E-state index in [1.165, 1.54) is 37.9 Å². The molecule has 2 rings (SSSR count). The van der Waals surface area contributed by atoms with E-state index in [0.29, 0.717) is 12.0 Å². The van der Waals surface area contributed by atoms with E-state index in [4.69, 9.17) is 10.5 Å². The van der Waals surface area contributed by atoms with Crippen LogP contribution in [0.25, 0.3) is 0 Å². The van der Waals surface area contributed by atoms with Crippen molar-refractivity contribution in [3.8, 4) is 5.75 Å². The zero-order valence-electron chi connectivity index (χ0n) is 13.1. The van der Waals surface area contributed by atoms with Crippen molar-refractivity contribution in [1.82, 2.24) is 4.90 Å². The number of nitrogens with zero attached hydrogens (tertiary/aromatic N) is 1. The van der Waals surface area contributed by atoms with Crippen LogP contribution in [0.5, 0.6) is 5.75 Å². The van der Waals surface area contributed by atoms with E-state index in [1.807, 2.05) is 6.07 Å². The summed E-state index contributed by atoms with van der Waals surface area (Å²) < 4.78 is 5.33. The molecule has 0 unspecified atom stereocenters. The van der Waals surface area contributed by atoms with Crippen molar-refractivity contribution in [3.05, 3.63) is 29.3 Å². The summed E-state index contributed by atoms with van der Waals surface area (Å²) in [5.41, 5.74) is 8.73. The molecule has 0 bridgehead atoms. The molecule has 1 heterocycles. The van der Waals surface area contributed by atoms with Crippen LogP contribution < -0.4 is 10.5 Å². The molecule has 3 heteroatoms. The molecule has 1 aromatic carbocycles. The van der Waals surface area contributed by atoms with Crippen molar-refractivity contribution in [2.45, 2.75) is 46.2 Å². The summed E-state index contributed by atoms with van der Waals surface area (Å²) in [6.45, 7) is 8.72. The fourth-order valence-electron chi connectivity index (χ4n) is 2.98. The molecule has 1 fully saturated rings. The van der Waals surface area contributed by atoms with Crippen molar-refractivity contribution in [2.24, 2.45) is 11.1 Å². The van der Waals surface area contributed by atoms with Crippen molar-refractivity contribution in [2.75, 3.05) is 20.2 Å². The molecular weight excluding hydrogens is 248 g/mol. The lowest BCUT2D eigenvalue weighted by atomic mass is 9.85. The Morgan fingerprint density at radius 3 is 2.75 bits per heavy atom. The van der Waals surface area contributed by atoms with Gasteiger partial charge in [0.2, 0.25) is 0 Å². The van der Waals surface area contributed by atoms with Crippen molar-refractivity contribution in [3.63, 3.8) is 0 Å². The molecule has 112 valence electrons. The smallest absolute Gasteiger partial charge is 0.123 e. The third-order valence-corrected chi connectivity index (χ3v) is 4.40. The first-order valence-corrected chi connectivity index (χ1v) is 7.62. The number of benzene rings is 1. The topological polar surface area (TPSA) is 38.5 Å². The Morgan fingerprint density at radius 2 is 2.05 bits per heavy atom. The van der Waals surface area contributed by atoms with Gasteiger partial charge in [0.25, 0.3) is 0 Å². The highest BCUT2D eigenvalue weighted by atomic mass is 16.5. The molecule has 1 aliphatic heterocycles.